The van der Waals surface area contributed by atoms with E-state index in [0.29, 0.717) is 0 Å². The lowest BCUT2D eigenvalue weighted by Gasteiger charge is -2.14. The van der Waals surface area contributed by atoms with E-state index in [1.165, 1.54) is 0 Å². The third-order valence-electron chi connectivity index (χ3n) is 3.55. The van der Waals surface area contributed by atoms with Crippen molar-refractivity contribution in [1.29, 1.82) is 0 Å². The Morgan fingerprint density at radius 1 is 1.14 bits per heavy atom. The molecule has 116 valence electrons. The van der Waals surface area contributed by atoms with E-state index in [-0.39, 0.29) is 0 Å². The van der Waals surface area contributed by atoms with E-state index in [0.717, 1.165) is 60.7 Å². The van der Waals surface area contributed by atoms with E-state index < -0.39 is 0 Å². The minimum Gasteiger partial charge on any atom is -0.462 e. The molecule has 5 heteroatoms. The summed E-state index contributed by atoms with van der Waals surface area (Å²) in [7, 11) is 0. The van der Waals surface area contributed by atoms with Gasteiger partial charge in [0.2, 0.25) is 0 Å². The summed E-state index contributed by atoms with van der Waals surface area (Å²) < 4.78 is 10.7. The molecule has 4 rings (SSSR count). The second kappa shape index (κ2) is 7.24. The minimum absolute atomic E-state index is 0.889. The van der Waals surface area contributed by atoms with Gasteiger partial charge in [-0.05, 0) is 43.7 Å². The maximum Gasteiger partial charge on any atom is 0.130 e. The summed E-state index contributed by atoms with van der Waals surface area (Å²) in [4.78, 5) is 0. The van der Waals surface area contributed by atoms with Gasteiger partial charge in [-0.2, -0.15) is 5.10 Å². The Hall–Kier alpha value is -2.11. The van der Waals surface area contributed by atoms with E-state index in [9.17, 15) is 0 Å². The van der Waals surface area contributed by atoms with Gasteiger partial charge in [0.1, 0.15) is 5.76 Å². The van der Waals surface area contributed by atoms with Gasteiger partial charge in [0.25, 0.3) is 0 Å². The Labute approximate surface area is 130 Å². The number of hydrogen-bond acceptors (Lipinski definition) is 4. The third kappa shape index (κ3) is 3.75. The Morgan fingerprint density at radius 2 is 2.00 bits per heavy atom. The molecule has 0 aliphatic carbocycles. The summed E-state index contributed by atoms with van der Waals surface area (Å²) in [5.74, 6) is 1.90. The van der Waals surface area contributed by atoms with Crippen LogP contribution in [0.15, 0.2) is 42.3 Å². The molecular weight excluding hydrogens is 278 g/mol. The van der Waals surface area contributed by atoms with Gasteiger partial charge in [-0.3, -0.25) is 5.10 Å². The van der Waals surface area contributed by atoms with Crippen molar-refractivity contribution in [2.24, 2.45) is 0 Å². The van der Waals surface area contributed by atoms with E-state index >= 15 is 0 Å². The molecule has 0 saturated carbocycles. The average molecular weight is 299 g/mol. The van der Waals surface area contributed by atoms with Crippen molar-refractivity contribution in [2.75, 3.05) is 26.3 Å². The zero-order valence-corrected chi connectivity index (χ0v) is 12.8. The van der Waals surface area contributed by atoms with Crippen LogP contribution in [-0.4, -0.2) is 36.5 Å². The summed E-state index contributed by atoms with van der Waals surface area (Å²) in [6.07, 6.45) is 6.92. The maximum absolute atomic E-state index is 5.69. The second-order valence-electron chi connectivity index (χ2n) is 5.26. The number of morpholine rings is 1. The quantitative estimate of drug-likeness (QED) is 0.850. The van der Waals surface area contributed by atoms with Crippen molar-refractivity contribution in [3.63, 3.8) is 0 Å². The fourth-order valence-electron chi connectivity index (χ4n) is 2.38. The molecule has 0 amide bonds. The molecule has 0 radical (unpaired) electrons. The summed E-state index contributed by atoms with van der Waals surface area (Å²) >= 11 is 0. The van der Waals surface area contributed by atoms with E-state index in [1.807, 2.05) is 25.3 Å². The Bertz CT molecular complexity index is 673. The SMILES string of the molecule is C1COCCN1.CC1=CCC=C(c2ccc3[nH]ncc3c2)O1. The highest BCUT2D eigenvalue weighted by atomic mass is 16.5. The van der Waals surface area contributed by atoms with Crippen LogP contribution in [0.3, 0.4) is 0 Å². The number of H-pyrrole nitrogens is 1. The molecule has 1 fully saturated rings. The van der Waals surface area contributed by atoms with Crippen LogP contribution in [0.2, 0.25) is 0 Å². The molecule has 2 aliphatic rings. The van der Waals surface area contributed by atoms with E-state index in [2.05, 4.69) is 33.7 Å². The number of hydrogen-bond donors (Lipinski definition) is 2. The summed E-state index contributed by atoms with van der Waals surface area (Å²) in [6.45, 7) is 5.81. The molecule has 22 heavy (non-hydrogen) atoms. The normalized spacial score (nSPS) is 17.9. The zero-order valence-electron chi connectivity index (χ0n) is 12.8. The number of ether oxygens (including phenoxy) is 2. The van der Waals surface area contributed by atoms with Crippen LogP contribution in [0.4, 0.5) is 0 Å². The molecule has 1 aromatic carbocycles. The molecule has 5 nitrogen and oxygen atoms in total. The van der Waals surface area contributed by atoms with Crippen molar-refractivity contribution >= 4 is 16.7 Å². The first-order valence-corrected chi connectivity index (χ1v) is 7.60. The highest BCUT2D eigenvalue weighted by Gasteiger charge is 2.08. The molecular formula is C17H21N3O2. The molecule has 3 heterocycles. The predicted octanol–water partition coefficient (Wildman–Crippen LogP) is 2.83. The van der Waals surface area contributed by atoms with Crippen LogP contribution in [0.1, 0.15) is 18.9 Å². The monoisotopic (exact) mass is 299 g/mol. The van der Waals surface area contributed by atoms with Crippen molar-refractivity contribution in [3.05, 3.63) is 47.9 Å². The number of aromatic nitrogens is 2. The number of allylic oxidation sites excluding steroid dienone is 3. The van der Waals surface area contributed by atoms with Gasteiger partial charge < -0.3 is 14.8 Å². The summed E-state index contributed by atoms with van der Waals surface area (Å²) in [6, 6.07) is 6.16. The number of fused-ring (bicyclic) bond motifs is 1. The van der Waals surface area contributed by atoms with Gasteiger partial charge in [-0.25, -0.2) is 0 Å². The first-order chi connectivity index (χ1) is 10.8. The molecule has 0 atom stereocenters. The third-order valence-corrected chi connectivity index (χ3v) is 3.55. The topological polar surface area (TPSA) is 59.2 Å². The van der Waals surface area contributed by atoms with Gasteiger partial charge in [-0.1, -0.05) is 0 Å². The molecule has 0 unspecified atom stereocenters. The van der Waals surface area contributed by atoms with Crippen molar-refractivity contribution in [2.45, 2.75) is 13.3 Å². The lowest BCUT2D eigenvalue weighted by Crippen LogP contribution is -2.30. The van der Waals surface area contributed by atoms with Gasteiger partial charge in [0.05, 0.1) is 30.7 Å². The molecule has 0 bridgehead atoms. The minimum atomic E-state index is 0.889. The number of rotatable bonds is 1. The lowest BCUT2D eigenvalue weighted by atomic mass is 10.1. The summed E-state index contributed by atoms with van der Waals surface area (Å²) in [5, 5.41) is 11.2. The fourth-order valence-corrected chi connectivity index (χ4v) is 2.38. The average Bonchev–Trinajstić information content (AvgIpc) is 3.05. The van der Waals surface area contributed by atoms with E-state index in [4.69, 9.17) is 9.47 Å². The van der Waals surface area contributed by atoms with Crippen LogP contribution < -0.4 is 5.32 Å². The molecule has 2 N–H and O–H groups in total. The largest absolute Gasteiger partial charge is 0.462 e. The van der Waals surface area contributed by atoms with Crippen LogP contribution >= 0.6 is 0 Å². The van der Waals surface area contributed by atoms with Crippen LogP contribution in [-0.2, 0) is 9.47 Å². The van der Waals surface area contributed by atoms with Crippen LogP contribution in [0, 0.1) is 0 Å². The maximum atomic E-state index is 5.69. The van der Waals surface area contributed by atoms with Crippen LogP contribution in [0.5, 0.6) is 0 Å². The van der Waals surface area contributed by atoms with Crippen molar-refractivity contribution in [1.82, 2.24) is 15.5 Å². The Kier molecular flexibility index (Phi) is 4.88. The first-order valence-electron chi connectivity index (χ1n) is 7.60. The Morgan fingerprint density at radius 3 is 2.68 bits per heavy atom. The van der Waals surface area contributed by atoms with Gasteiger partial charge in [0.15, 0.2) is 0 Å². The predicted molar refractivity (Wildman–Crippen MR) is 87.2 cm³/mol. The number of nitrogens with zero attached hydrogens (tertiary/aromatic N) is 1. The molecule has 1 aromatic heterocycles. The summed E-state index contributed by atoms with van der Waals surface area (Å²) in [5.41, 5.74) is 2.15. The fraction of sp³-hybridized carbons (Fsp3) is 0.353. The number of benzene rings is 1. The zero-order chi connectivity index (χ0) is 15.2. The molecule has 0 spiro atoms. The smallest absolute Gasteiger partial charge is 0.130 e. The van der Waals surface area contributed by atoms with Gasteiger partial charge >= 0.3 is 0 Å². The Balaban J connectivity index is 0.000000202. The molecule has 2 aliphatic heterocycles. The second-order valence-corrected chi connectivity index (χ2v) is 5.26. The molecule has 1 saturated heterocycles. The van der Waals surface area contributed by atoms with E-state index in [1.54, 1.807) is 0 Å². The van der Waals surface area contributed by atoms with Gasteiger partial charge in [0, 0.05) is 24.0 Å². The number of aromatic amines is 1. The highest BCUT2D eigenvalue weighted by molar-refractivity contribution is 5.82. The van der Waals surface area contributed by atoms with Gasteiger partial charge in [-0.15, -0.1) is 0 Å². The number of nitrogens with one attached hydrogen (secondary N) is 2. The van der Waals surface area contributed by atoms with Crippen LogP contribution in [0.25, 0.3) is 16.7 Å². The highest BCUT2D eigenvalue weighted by Crippen LogP contribution is 2.26. The molecule has 2 aromatic rings. The van der Waals surface area contributed by atoms with Crippen molar-refractivity contribution in [3.8, 4) is 0 Å². The standard InChI is InChI=1S/C13H12N2O.C4H9NO/c1-9-3-2-4-13(16-9)10-5-6-12-11(7-10)8-14-15-12;1-3-6-4-2-5-1/h3-8H,2H2,1H3,(H,14,15);5H,1-4H2. The first kappa shape index (κ1) is 14.8. The lowest BCUT2D eigenvalue weighted by molar-refractivity contribution is 0.109. The van der Waals surface area contributed by atoms with Crippen molar-refractivity contribution < 1.29 is 9.47 Å².